The summed E-state index contributed by atoms with van der Waals surface area (Å²) in [6.07, 6.45) is 0. The average molecular weight is 367 g/mol. The van der Waals surface area contributed by atoms with Gasteiger partial charge in [-0.15, -0.1) is 0 Å². The highest BCUT2D eigenvalue weighted by atomic mass is 35.5. The predicted molar refractivity (Wildman–Crippen MR) is 109 cm³/mol. The number of hydrogen-bond acceptors (Lipinski definition) is 2. The molecule has 134 valence electrons. The van der Waals surface area contributed by atoms with E-state index in [9.17, 15) is 4.79 Å². The molecule has 0 spiro atoms. The van der Waals surface area contributed by atoms with Gasteiger partial charge in [-0.1, -0.05) is 48.0 Å². The monoisotopic (exact) mass is 366 g/mol. The smallest absolute Gasteiger partial charge is 0.255 e. The SMILES string of the molecule is CC(C)N(C(=O)c1cc(-c2ccccc2Cl)nc2ccccc12)C(C)C. The van der Waals surface area contributed by atoms with Crippen molar-refractivity contribution in [1.29, 1.82) is 0 Å². The summed E-state index contributed by atoms with van der Waals surface area (Å²) in [6, 6.07) is 17.4. The number of aromatic nitrogens is 1. The first-order chi connectivity index (χ1) is 12.4. The number of amides is 1. The largest absolute Gasteiger partial charge is 0.334 e. The van der Waals surface area contributed by atoms with Crippen molar-refractivity contribution in [2.75, 3.05) is 0 Å². The van der Waals surface area contributed by atoms with E-state index in [1.165, 1.54) is 0 Å². The minimum atomic E-state index is 0.0157. The van der Waals surface area contributed by atoms with Crippen LogP contribution in [0, 0.1) is 0 Å². The normalized spacial score (nSPS) is 11.3. The number of carbonyl (C=O) groups is 1. The molecule has 4 heteroatoms. The summed E-state index contributed by atoms with van der Waals surface area (Å²) in [5.74, 6) is 0.0157. The van der Waals surface area contributed by atoms with Crippen LogP contribution in [0.2, 0.25) is 5.02 Å². The molecule has 3 aromatic rings. The number of para-hydroxylation sites is 1. The summed E-state index contributed by atoms with van der Waals surface area (Å²) in [5.41, 5.74) is 2.99. The fraction of sp³-hybridized carbons (Fsp3) is 0.273. The second-order valence-corrected chi connectivity index (χ2v) is 7.36. The van der Waals surface area contributed by atoms with E-state index in [1.807, 2.05) is 87.2 Å². The van der Waals surface area contributed by atoms with E-state index in [1.54, 1.807) is 0 Å². The maximum Gasteiger partial charge on any atom is 0.255 e. The summed E-state index contributed by atoms with van der Waals surface area (Å²) in [7, 11) is 0. The number of hydrogen-bond donors (Lipinski definition) is 0. The molecule has 0 fully saturated rings. The number of nitrogens with zero attached hydrogens (tertiary/aromatic N) is 2. The Morgan fingerprint density at radius 1 is 0.962 bits per heavy atom. The van der Waals surface area contributed by atoms with Crippen LogP contribution in [0.1, 0.15) is 38.1 Å². The molecule has 0 unspecified atom stereocenters. The minimum Gasteiger partial charge on any atom is -0.334 e. The van der Waals surface area contributed by atoms with Gasteiger partial charge in [0.05, 0.1) is 16.8 Å². The highest BCUT2D eigenvalue weighted by Gasteiger charge is 2.24. The Labute approximate surface area is 159 Å². The van der Waals surface area contributed by atoms with Gasteiger partial charge in [-0.2, -0.15) is 0 Å². The second-order valence-electron chi connectivity index (χ2n) is 6.95. The summed E-state index contributed by atoms with van der Waals surface area (Å²) < 4.78 is 0. The lowest BCUT2D eigenvalue weighted by molar-refractivity contribution is 0.0646. The zero-order chi connectivity index (χ0) is 18.8. The zero-order valence-corrected chi connectivity index (χ0v) is 16.3. The number of pyridine rings is 1. The number of benzene rings is 2. The van der Waals surface area contributed by atoms with E-state index in [4.69, 9.17) is 16.6 Å². The van der Waals surface area contributed by atoms with Crippen molar-refractivity contribution in [3.8, 4) is 11.3 Å². The third kappa shape index (κ3) is 3.45. The van der Waals surface area contributed by atoms with E-state index >= 15 is 0 Å². The molecule has 0 bridgehead atoms. The van der Waals surface area contributed by atoms with Crippen molar-refractivity contribution >= 4 is 28.4 Å². The molecule has 0 atom stereocenters. The first-order valence-corrected chi connectivity index (χ1v) is 9.25. The maximum atomic E-state index is 13.4. The van der Waals surface area contributed by atoms with Crippen molar-refractivity contribution in [3.05, 3.63) is 65.2 Å². The number of rotatable bonds is 4. The molecule has 1 aromatic heterocycles. The van der Waals surface area contributed by atoms with Gasteiger partial charge in [0.2, 0.25) is 0 Å². The Kier molecular flexibility index (Phi) is 5.28. The standard InChI is InChI=1S/C22H23ClN2O/c1-14(2)25(15(3)4)22(26)18-13-21(17-10-5-7-11-19(17)23)24-20-12-8-6-9-16(18)20/h5-15H,1-4H3. The molecule has 26 heavy (non-hydrogen) atoms. The van der Waals surface area contributed by atoms with Gasteiger partial charge in [0.15, 0.2) is 0 Å². The molecule has 0 saturated carbocycles. The van der Waals surface area contributed by atoms with Gasteiger partial charge < -0.3 is 4.90 Å². The van der Waals surface area contributed by atoms with Crippen molar-refractivity contribution < 1.29 is 4.79 Å². The molecule has 3 rings (SSSR count). The second kappa shape index (κ2) is 7.46. The first kappa shape index (κ1) is 18.4. The number of halogens is 1. The highest BCUT2D eigenvalue weighted by molar-refractivity contribution is 6.33. The van der Waals surface area contributed by atoms with Crippen molar-refractivity contribution in [2.45, 2.75) is 39.8 Å². The van der Waals surface area contributed by atoms with Crippen LogP contribution >= 0.6 is 11.6 Å². The topological polar surface area (TPSA) is 33.2 Å². The third-order valence-corrected chi connectivity index (χ3v) is 4.77. The maximum absolute atomic E-state index is 13.4. The summed E-state index contributed by atoms with van der Waals surface area (Å²) >= 11 is 6.37. The van der Waals surface area contributed by atoms with Crippen molar-refractivity contribution in [1.82, 2.24) is 9.88 Å². The van der Waals surface area contributed by atoms with Gasteiger partial charge >= 0.3 is 0 Å². The lowest BCUT2D eigenvalue weighted by atomic mass is 10.0. The fourth-order valence-electron chi connectivity index (χ4n) is 3.36. The van der Waals surface area contributed by atoms with Crippen molar-refractivity contribution in [3.63, 3.8) is 0 Å². The van der Waals surface area contributed by atoms with E-state index in [2.05, 4.69) is 0 Å². The predicted octanol–water partition coefficient (Wildman–Crippen LogP) is 5.81. The molecule has 0 radical (unpaired) electrons. The molecule has 0 aliphatic rings. The van der Waals surface area contributed by atoms with Gasteiger partial charge in [-0.3, -0.25) is 4.79 Å². The van der Waals surface area contributed by atoms with Crippen LogP contribution in [0.3, 0.4) is 0 Å². The van der Waals surface area contributed by atoms with E-state index in [0.717, 1.165) is 16.5 Å². The Bertz CT molecular complexity index is 942. The van der Waals surface area contributed by atoms with Gasteiger partial charge in [-0.25, -0.2) is 4.98 Å². The van der Waals surface area contributed by atoms with Gasteiger partial charge in [0.1, 0.15) is 0 Å². The molecule has 0 N–H and O–H groups in total. The Balaban J connectivity index is 2.24. The van der Waals surface area contributed by atoms with Crippen LogP contribution in [-0.4, -0.2) is 27.9 Å². The van der Waals surface area contributed by atoms with Crippen LogP contribution in [0.4, 0.5) is 0 Å². The highest BCUT2D eigenvalue weighted by Crippen LogP contribution is 2.30. The molecule has 0 saturated heterocycles. The Hall–Kier alpha value is -2.39. The van der Waals surface area contributed by atoms with Crippen LogP contribution in [-0.2, 0) is 0 Å². The summed E-state index contributed by atoms with van der Waals surface area (Å²) in [6.45, 7) is 8.15. The van der Waals surface area contributed by atoms with Crippen LogP contribution in [0.5, 0.6) is 0 Å². The molecule has 1 amide bonds. The quantitative estimate of drug-likeness (QED) is 0.583. The van der Waals surface area contributed by atoms with E-state index in [0.29, 0.717) is 16.3 Å². The number of fused-ring (bicyclic) bond motifs is 1. The lowest BCUT2D eigenvalue weighted by Gasteiger charge is -2.31. The summed E-state index contributed by atoms with van der Waals surface area (Å²) in [5, 5.41) is 1.48. The minimum absolute atomic E-state index is 0.0157. The Morgan fingerprint density at radius 3 is 2.23 bits per heavy atom. The lowest BCUT2D eigenvalue weighted by Crippen LogP contribution is -2.42. The van der Waals surface area contributed by atoms with Gasteiger partial charge in [0.25, 0.3) is 5.91 Å². The molecule has 1 heterocycles. The third-order valence-electron chi connectivity index (χ3n) is 4.44. The molecule has 0 aliphatic carbocycles. The van der Waals surface area contributed by atoms with Crippen LogP contribution in [0.25, 0.3) is 22.2 Å². The molecule has 0 aliphatic heterocycles. The number of carbonyl (C=O) groups excluding carboxylic acids is 1. The fourth-order valence-corrected chi connectivity index (χ4v) is 3.60. The zero-order valence-electron chi connectivity index (χ0n) is 15.5. The van der Waals surface area contributed by atoms with Gasteiger partial charge in [-0.05, 0) is 45.9 Å². The molecule has 2 aromatic carbocycles. The molecular weight excluding hydrogens is 344 g/mol. The van der Waals surface area contributed by atoms with Crippen LogP contribution < -0.4 is 0 Å². The first-order valence-electron chi connectivity index (χ1n) is 8.87. The molecule has 3 nitrogen and oxygen atoms in total. The average Bonchev–Trinajstić information content (AvgIpc) is 2.60. The van der Waals surface area contributed by atoms with Gasteiger partial charge in [0, 0.05) is 28.1 Å². The summed E-state index contributed by atoms with van der Waals surface area (Å²) in [4.78, 5) is 20.0. The van der Waals surface area contributed by atoms with Crippen molar-refractivity contribution in [2.24, 2.45) is 0 Å². The Morgan fingerprint density at radius 2 is 1.58 bits per heavy atom. The van der Waals surface area contributed by atoms with E-state index < -0.39 is 0 Å². The van der Waals surface area contributed by atoms with E-state index in [-0.39, 0.29) is 18.0 Å². The molecular formula is C22H23ClN2O. The van der Waals surface area contributed by atoms with Crippen LogP contribution in [0.15, 0.2) is 54.6 Å².